The van der Waals surface area contributed by atoms with Gasteiger partial charge in [0.15, 0.2) is 0 Å². The number of hydrogen-bond acceptors (Lipinski definition) is 3. The number of halogens is 1. The van der Waals surface area contributed by atoms with Crippen molar-refractivity contribution in [2.75, 3.05) is 0 Å². The summed E-state index contributed by atoms with van der Waals surface area (Å²) in [5.41, 5.74) is 3.48. The number of hydrazine groups is 1. The van der Waals surface area contributed by atoms with Crippen LogP contribution in [0.5, 0.6) is 0 Å². The molecule has 0 saturated heterocycles. The molecule has 1 aromatic heterocycles. The van der Waals surface area contributed by atoms with Crippen LogP contribution in [0.2, 0.25) is 0 Å². The molecule has 0 aliphatic heterocycles. The molecule has 3 atom stereocenters. The molecule has 0 radical (unpaired) electrons. The van der Waals surface area contributed by atoms with Gasteiger partial charge in [-0.3, -0.25) is 16.3 Å². The number of nitrogens with zero attached hydrogens (tertiary/aromatic N) is 1. The Labute approximate surface area is 101 Å². The van der Waals surface area contributed by atoms with E-state index < -0.39 is 0 Å². The Bertz CT molecular complexity index is 397. The van der Waals surface area contributed by atoms with Crippen molar-refractivity contribution in [1.82, 2.24) is 10.4 Å². The topological polar surface area (TPSA) is 50.9 Å². The Morgan fingerprint density at radius 1 is 1.35 bits per heavy atom. The molecular weight excluding hydrogens is 217 g/mol. The van der Waals surface area contributed by atoms with Crippen LogP contribution in [0.15, 0.2) is 18.5 Å². The largest absolute Gasteiger partial charge is 0.271 e. The third-order valence-electron chi connectivity index (χ3n) is 4.43. The lowest BCUT2D eigenvalue weighted by atomic mass is 10.0. The van der Waals surface area contributed by atoms with Gasteiger partial charge in [0, 0.05) is 11.8 Å². The van der Waals surface area contributed by atoms with Gasteiger partial charge < -0.3 is 0 Å². The minimum Gasteiger partial charge on any atom is -0.271 e. The highest BCUT2D eigenvalue weighted by molar-refractivity contribution is 5.22. The van der Waals surface area contributed by atoms with Crippen LogP contribution in [0.1, 0.15) is 37.3 Å². The maximum absolute atomic E-state index is 13.7. The van der Waals surface area contributed by atoms with Crippen LogP contribution >= 0.6 is 0 Å². The van der Waals surface area contributed by atoms with Crippen LogP contribution in [0.25, 0.3) is 0 Å². The van der Waals surface area contributed by atoms with Crippen LogP contribution in [0.3, 0.4) is 0 Å². The predicted octanol–water partition coefficient (Wildman–Crippen LogP) is 2.16. The van der Waals surface area contributed by atoms with Gasteiger partial charge in [0.2, 0.25) is 0 Å². The second-order valence-electron chi connectivity index (χ2n) is 5.23. The molecule has 3 unspecified atom stereocenters. The second-order valence-corrected chi connectivity index (χ2v) is 5.23. The van der Waals surface area contributed by atoms with Crippen LogP contribution in [-0.4, -0.2) is 4.98 Å². The summed E-state index contributed by atoms with van der Waals surface area (Å²) in [7, 11) is 0. The van der Waals surface area contributed by atoms with Crippen LogP contribution in [0, 0.1) is 23.6 Å². The normalized spacial score (nSPS) is 32.9. The van der Waals surface area contributed by atoms with Crippen molar-refractivity contribution < 1.29 is 4.39 Å². The molecule has 2 fully saturated rings. The predicted molar refractivity (Wildman–Crippen MR) is 63.2 cm³/mol. The van der Waals surface area contributed by atoms with Gasteiger partial charge in [-0.25, -0.2) is 4.39 Å². The number of hydrogen-bond donors (Lipinski definition) is 2. The third kappa shape index (κ3) is 1.85. The molecule has 0 bridgehead atoms. The number of nitrogens with two attached hydrogens (primary N) is 1. The highest BCUT2D eigenvalue weighted by Gasteiger charge is 2.54. The zero-order valence-electron chi connectivity index (χ0n) is 9.77. The molecule has 92 valence electrons. The number of nitrogens with one attached hydrogen (secondary N) is 1. The summed E-state index contributed by atoms with van der Waals surface area (Å²) in [5.74, 6) is 7.39. The molecule has 3 N–H and O–H groups in total. The first-order valence-corrected chi connectivity index (χ1v) is 6.38. The van der Waals surface area contributed by atoms with Gasteiger partial charge in [-0.2, -0.15) is 0 Å². The van der Waals surface area contributed by atoms with Crippen molar-refractivity contribution >= 4 is 0 Å². The highest BCUT2D eigenvalue weighted by Crippen LogP contribution is 2.60. The molecule has 2 aliphatic rings. The van der Waals surface area contributed by atoms with Gasteiger partial charge in [-0.15, -0.1) is 0 Å². The number of aromatic nitrogens is 1. The minimum atomic E-state index is -0.251. The lowest BCUT2D eigenvalue weighted by Crippen LogP contribution is -2.31. The average molecular weight is 235 g/mol. The SMILES string of the molecule is NNC(c1ccncc1F)C1C2CCCCC21. The molecule has 2 aliphatic carbocycles. The lowest BCUT2D eigenvalue weighted by Gasteiger charge is -2.17. The summed E-state index contributed by atoms with van der Waals surface area (Å²) < 4.78 is 13.7. The molecule has 0 amide bonds. The quantitative estimate of drug-likeness (QED) is 0.623. The van der Waals surface area contributed by atoms with E-state index in [1.165, 1.54) is 31.9 Å². The average Bonchev–Trinajstić information content (AvgIpc) is 3.07. The van der Waals surface area contributed by atoms with Crippen molar-refractivity contribution in [3.05, 3.63) is 29.8 Å². The molecular formula is C13H18FN3. The van der Waals surface area contributed by atoms with Gasteiger partial charge >= 0.3 is 0 Å². The number of pyridine rings is 1. The number of fused-ring (bicyclic) bond motifs is 1. The first kappa shape index (κ1) is 11.1. The van der Waals surface area contributed by atoms with E-state index in [-0.39, 0.29) is 11.9 Å². The summed E-state index contributed by atoms with van der Waals surface area (Å²) >= 11 is 0. The summed E-state index contributed by atoms with van der Waals surface area (Å²) in [5, 5.41) is 0. The number of rotatable bonds is 3. The van der Waals surface area contributed by atoms with E-state index in [0.29, 0.717) is 11.5 Å². The van der Waals surface area contributed by atoms with Crippen molar-refractivity contribution in [3.8, 4) is 0 Å². The van der Waals surface area contributed by atoms with Crippen LogP contribution < -0.4 is 11.3 Å². The van der Waals surface area contributed by atoms with E-state index in [2.05, 4.69) is 10.4 Å². The molecule has 3 nitrogen and oxygen atoms in total. The van der Waals surface area contributed by atoms with Gasteiger partial charge in [0.05, 0.1) is 12.2 Å². The maximum atomic E-state index is 13.7. The first-order chi connectivity index (χ1) is 8.33. The Balaban J connectivity index is 1.83. The fourth-order valence-corrected chi connectivity index (χ4v) is 3.59. The summed E-state index contributed by atoms with van der Waals surface area (Å²) in [6.07, 6.45) is 8.09. The standard InChI is InChI=1S/C13H18FN3/c14-11-7-16-6-5-10(11)13(17-15)12-8-3-1-2-4-9(8)12/h5-9,12-13,17H,1-4,15H2. The minimum absolute atomic E-state index is 0.0499. The Morgan fingerprint density at radius 2 is 2.06 bits per heavy atom. The van der Waals surface area contributed by atoms with Crippen LogP contribution in [-0.2, 0) is 0 Å². The Morgan fingerprint density at radius 3 is 2.65 bits per heavy atom. The van der Waals surface area contributed by atoms with E-state index in [1.807, 2.05) is 0 Å². The van der Waals surface area contributed by atoms with Gasteiger partial charge in [-0.05, 0) is 36.7 Å². The second kappa shape index (κ2) is 4.35. The molecule has 17 heavy (non-hydrogen) atoms. The summed E-state index contributed by atoms with van der Waals surface area (Å²) in [6.45, 7) is 0. The fraction of sp³-hybridized carbons (Fsp3) is 0.615. The van der Waals surface area contributed by atoms with Crippen molar-refractivity contribution in [2.45, 2.75) is 31.7 Å². The van der Waals surface area contributed by atoms with Gasteiger partial charge in [0.25, 0.3) is 0 Å². The monoisotopic (exact) mass is 235 g/mol. The van der Waals surface area contributed by atoms with E-state index in [4.69, 9.17) is 5.84 Å². The summed E-state index contributed by atoms with van der Waals surface area (Å²) in [6, 6.07) is 1.69. The lowest BCUT2D eigenvalue weighted by molar-refractivity contribution is 0.435. The van der Waals surface area contributed by atoms with Crippen molar-refractivity contribution in [3.63, 3.8) is 0 Å². The smallest absolute Gasteiger partial charge is 0.146 e. The van der Waals surface area contributed by atoms with E-state index in [0.717, 1.165) is 11.8 Å². The van der Waals surface area contributed by atoms with E-state index in [9.17, 15) is 4.39 Å². The zero-order chi connectivity index (χ0) is 11.8. The molecule has 1 aromatic rings. The highest BCUT2D eigenvalue weighted by atomic mass is 19.1. The molecule has 0 spiro atoms. The van der Waals surface area contributed by atoms with E-state index >= 15 is 0 Å². The van der Waals surface area contributed by atoms with Crippen molar-refractivity contribution in [1.29, 1.82) is 0 Å². The molecule has 3 rings (SSSR count). The molecule has 2 saturated carbocycles. The molecule has 1 heterocycles. The Kier molecular flexibility index (Phi) is 2.84. The van der Waals surface area contributed by atoms with Crippen LogP contribution in [0.4, 0.5) is 4.39 Å². The van der Waals surface area contributed by atoms with E-state index in [1.54, 1.807) is 12.3 Å². The zero-order valence-corrected chi connectivity index (χ0v) is 9.77. The first-order valence-electron chi connectivity index (χ1n) is 6.38. The van der Waals surface area contributed by atoms with Crippen molar-refractivity contribution in [2.24, 2.45) is 23.6 Å². The summed E-state index contributed by atoms with van der Waals surface area (Å²) in [4.78, 5) is 3.79. The molecule has 0 aromatic carbocycles. The Hall–Kier alpha value is -1.00. The van der Waals surface area contributed by atoms with Gasteiger partial charge in [0.1, 0.15) is 5.82 Å². The van der Waals surface area contributed by atoms with Gasteiger partial charge in [-0.1, -0.05) is 12.8 Å². The fourth-order valence-electron chi connectivity index (χ4n) is 3.59. The third-order valence-corrected chi connectivity index (χ3v) is 4.43. The molecule has 4 heteroatoms. The maximum Gasteiger partial charge on any atom is 0.146 e.